The third-order valence-corrected chi connectivity index (χ3v) is 5.62. The molecule has 0 aliphatic heterocycles. The molecular formula is C13H18SiTi+2. The summed E-state index contributed by atoms with van der Waals surface area (Å²) >= 11 is 0. The summed E-state index contributed by atoms with van der Waals surface area (Å²) in [5, 5.41) is 0. The number of hydrogen-bond acceptors (Lipinski definition) is 0. The average molecular weight is 250 g/mol. The van der Waals surface area contributed by atoms with E-state index in [0.717, 1.165) is 5.54 Å². The van der Waals surface area contributed by atoms with Gasteiger partial charge in [-0.3, -0.25) is 0 Å². The summed E-state index contributed by atoms with van der Waals surface area (Å²) in [6.45, 7) is 9.48. The van der Waals surface area contributed by atoms with Gasteiger partial charge in [-0.1, -0.05) is 42.9 Å². The Morgan fingerprint density at radius 2 is 1.67 bits per heavy atom. The number of hydrogen-bond donors (Lipinski definition) is 0. The van der Waals surface area contributed by atoms with E-state index >= 15 is 0 Å². The largest absolute Gasteiger partial charge is 2.00 e. The maximum absolute atomic E-state index is 2.45. The van der Waals surface area contributed by atoms with Crippen LogP contribution in [0, 0.1) is 0 Å². The van der Waals surface area contributed by atoms with Crippen LogP contribution in [0.3, 0.4) is 0 Å². The zero-order chi connectivity index (χ0) is 10.3. The Kier molecular flexibility index (Phi) is 4.16. The normalized spacial score (nSPS) is 19.1. The molecule has 0 heterocycles. The second-order valence-corrected chi connectivity index (χ2v) is 7.77. The first-order chi connectivity index (χ1) is 6.63. The molecule has 0 nitrogen and oxygen atoms in total. The van der Waals surface area contributed by atoms with Crippen LogP contribution in [0.4, 0.5) is 0 Å². The predicted molar refractivity (Wildman–Crippen MR) is 66.3 cm³/mol. The maximum Gasteiger partial charge on any atom is 2.00 e. The second-order valence-electron chi connectivity index (χ2n) is 4.62. The molecule has 1 unspecified atom stereocenters. The van der Waals surface area contributed by atoms with Gasteiger partial charge in [0, 0.05) is 8.80 Å². The van der Waals surface area contributed by atoms with Crippen molar-refractivity contribution in [3.8, 4) is 0 Å². The van der Waals surface area contributed by atoms with E-state index in [1.54, 1.807) is 11.1 Å². The molecule has 76 valence electrons. The van der Waals surface area contributed by atoms with Gasteiger partial charge in [-0.2, -0.15) is 0 Å². The number of allylic oxidation sites excluding steroid dienone is 2. The van der Waals surface area contributed by atoms with Crippen molar-refractivity contribution in [1.29, 1.82) is 0 Å². The third-order valence-electron chi connectivity index (χ3n) is 3.42. The summed E-state index contributed by atoms with van der Waals surface area (Å²) < 4.78 is 0. The van der Waals surface area contributed by atoms with Gasteiger partial charge in [0.1, 0.15) is 0 Å². The molecule has 0 aromatic heterocycles. The molecule has 1 aliphatic rings. The predicted octanol–water partition coefficient (Wildman–Crippen LogP) is 3.60. The molecular weight excluding hydrogens is 232 g/mol. The SMILES string of the molecule is CC1=C(C)C([SiH](C)C)c2ccccc21.[Ti+2]. The van der Waals surface area contributed by atoms with Gasteiger partial charge in [-0.15, -0.1) is 0 Å². The van der Waals surface area contributed by atoms with Crippen molar-refractivity contribution in [3.05, 3.63) is 41.0 Å². The Hall–Kier alpha value is -0.109. The Morgan fingerprint density at radius 1 is 1.07 bits per heavy atom. The molecule has 1 aromatic carbocycles. The third kappa shape index (κ3) is 2.06. The van der Waals surface area contributed by atoms with E-state index in [-0.39, 0.29) is 21.7 Å². The van der Waals surface area contributed by atoms with Crippen LogP contribution in [0.15, 0.2) is 29.8 Å². The molecule has 0 N–H and O–H groups in total. The average Bonchev–Trinajstić information content (AvgIpc) is 2.41. The van der Waals surface area contributed by atoms with E-state index < -0.39 is 8.80 Å². The molecule has 2 rings (SSSR count). The van der Waals surface area contributed by atoms with E-state index in [9.17, 15) is 0 Å². The minimum Gasteiger partial charge on any atom is -0.0714 e. The first kappa shape index (κ1) is 13.0. The van der Waals surface area contributed by atoms with Crippen LogP contribution < -0.4 is 0 Å². The summed E-state index contributed by atoms with van der Waals surface area (Å²) in [6.07, 6.45) is 0. The van der Waals surface area contributed by atoms with Crippen LogP contribution in [0.5, 0.6) is 0 Å². The van der Waals surface area contributed by atoms with Crippen molar-refractivity contribution >= 4 is 14.4 Å². The molecule has 0 radical (unpaired) electrons. The van der Waals surface area contributed by atoms with Crippen LogP contribution >= 0.6 is 0 Å². The maximum atomic E-state index is 2.45. The molecule has 0 fully saturated rings. The molecule has 1 atom stereocenters. The summed E-state index contributed by atoms with van der Waals surface area (Å²) in [5.41, 5.74) is 7.01. The van der Waals surface area contributed by atoms with E-state index in [2.05, 4.69) is 51.2 Å². The van der Waals surface area contributed by atoms with Gasteiger partial charge >= 0.3 is 21.7 Å². The Balaban J connectivity index is 0.00000112. The van der Waals surface area contributed by atoms with E-state index in [4.69, 9.17) is 0 Å². The van der Waals surface area contributed by atoms with Crippen LogP contribution in [-0.2, 0) is 21.7 Å². The molecule has 0 saturated heterocycles. The van der Waals surface area contributed by atoms with Gasteiger partial charge in [0.25, 0.3) is 0 Å². The van der Waals surface area contributed by atoms with E-state index in [1.165, 1.54) is 11.1 Å². The fraction of sp³-hybridized carbons (Fsp3) is 0.385. The van der Waals surface area contributed by atoms with Gasteiger partial charge in [-0.05, 0) is 36.1 Å². The first-order valence-electron chi connectivity index (χ1n) is 5.39. The fourth-order valence-corrected chi connectivity index (χ4v) is 4.91. The summed E-state index contributed by atoms with van der Waals surface area (Å²) in [7, 11) is -0.614. The monoisotopic (exact) mass is 250 g/mol. The molecule has 0 amide bonds. The van der Waals surface area contributed by atoms with Crippen molar-refractivity contribution in [2.24, 2.45) is 0 Å². The van der Waals surface area contributed by atoms with Crippen molar-refractivity contribution in [2.45, 2.75) is 32.5 Å². The van der Waals surface area contributed by atoms with Crippen LogP contribution in [0.1, 0.15) is 30.5 Å². The van der Waals surface area contributed by atoms with Crippen LogP contribution in [0.2, 0.25) is 13.1 Å². The molecule has 1 aliphatic carbocycles. The molecule has 0 spiro atoms. The standard InChI is InChI=1S/C13H18Si.Ti/c1-9-10(2)13(14(3)4)12-8-6-5-7-11(9)12;/h5-8,13-14H,1-4H3;/q;+2. The van der Waals surface area contributed by atoms with E-state index in [0.29, 0.717) is 0 Å². The molecule has 0 bridgehead atoms. The number of fused-ring (bicyclic) bond motifs is 1. The Bertz CT molecular complexity index is 393. The van der Waals surface area contributed by atoms with Crippen molar-refractivity contribution in [3.63, 3.8) is 0 Å². The topological polar surface area (TPSA) is 0 Å². The summed E-state index contributed by atoms with van der Waals surface area (Å²) in [6, 6.07) is 8.91. The zero-order valence-electron chi connectivity index (χ0n) is 9.96. The smallest absolute Gasteiger partial charge is 0.0714 e. The minimum atomic E-state index is -0.614. The molecule has 2 heteroatoms. The van der Waals surface area contributed by atoms with Gasteiger partial charge in [0.15, 0.2) is 0 Å². The van der Waals surface area contributed by atoms with Crippen LogP contribution in [-0.4, -0.2) is 8.80 Å². The summed E-state index contributed by atoms with van der Waals surface area (Å²) in [5.74, 6) is 0. The van der Waals surface area contributed by atoms with Crippen molar-refractivity contribution in [1.82, 2.24) is 0 Å². The summed E-state index contributed by atoms with van der Waals surface area (Å²) in [4.78, 5) is 0. The van der Waals surface area contributed by atoms with Gasteiger partial charge < -0.3 is 0 Å². The molecule has 0 saturated carbocycles. The second kappa shape index (κ2) is 4.82. The minimum absolute atomic E-state index is 0. The van der Waals surface area contributed by atoms with Gasteiger partial charge in [0.05, 0.1) is 0 Å². The first-order valence-corrected chi connectivity index (χ1v) is 8.37. The van der Waals surface area contributed by atoms with Gasteiger partial charge in [0.2, 0.25) is 0 Å². The van der Waals surface area contributed by atoms with E-state index in [1.807, 2.05) is 0 Å². The number of benzene rings is 1. The van der Waals surface area contributed by atoms with Gasteiger partial charge in [-0.25, -0.2) is 0 Å². The zero-order valence-corrected chi connectivity index (χ0v) is 12.7. The molecule has 15 heavy (non-hydrogen) atoms. The number of rotatable bonds is 1. The Labute approximate surface area is 109 Å². The molecule has 1 aromatic rings. The van der Waals surface area contributed by atoms with Crippen molar-refractivity contribution in [2.75, 3.05) is 0 Å². The quantitative estimate of drug-likeness (QED) is 0.668. The van der Waals surface area contributed by atoms with Crippen LogP contribution in [0.25, 0.3) is 5.57 Å². The Morgan fingerprint density at radius 3 is 2.27 bits per heavy atom. The fourth-order valence-electron chi connectivity index (χ4n) is 2.65. The van der Waals surface area contributed by atoms with Crippen molar-refractivity contribution < 1.29 is 21.7 Å².